The molecule has 0 spiro atoms. The number of aromatic carboxylic acids is 1. The van der Waals surface area contributed by atoms with Crippen LogP contribution in [0, 0.1) is 0 Å². The molecule has 2 aromatic carbocycles. The fourth-order valence-corrected chi connectivity index (χ4v) is 4.69. The lowest BCUT2D eigenvalue weighted by Crippen LogP contribution is -2.44. The average molecular weight is 422 g/mol. The fraction of sp³-hybridized carbons (Fsp3) is 0.400. The molecular weight excluding hydrogens is 390 g/mol. The Balaban J connectivity index is 1.47. The lowest BCUT2D eigenvalue weighted by Gasteiger charge is -2.38. The molecule has 6 heteroatoms. The van der Waals surface area contributed by atoms with E-state index in [2.05, 4.69) is 52.0 Å². The van der Waals surface area contributed by atoms with Gasteiger partial charge in [-0.25, -0.2) is 4.79 Å². The molecule has 1 fully saturated rings. The van der Waals surface area contributed by atoms with Crippen LogP contribution in [0.15, 0.2) is 48.5 Å². The van der Waals surface area contributed by atoms with Crippen LogP contribution in [-0.4, -0.2) is 58.6 Å². The number of aromatic amines is 1. The normalized spacial score (nSPS) is 15.6. The van der Waals surface area contributed by atoms with Gasteiger partial charge in [0.25, 0.3) is 0 Å². The highest BCUT2D eigenvalue weighted by atomic mass is 16.5. The standard InChI is InChI=1S/C25H31N3O3/c1-3-28(19-11-13-27(14-12-19)16-18-7-5-4-6-8-18)17-22-21-10-9-20(31-2)15-23(21)26-24(22)25(29)30/h4-10,15,19,26H,3,11-14,16-17H2,1-2H3,(H,29,30). The second-order valence-corrected chi connectivity index (χ2v) is 8.25. The second kappa shape index (κ2) is 9.54. The predicted molar refractivity (Wildman–Crippen MR) is 123 cm³/mol. The number of ether oxygens (including phenoxy) is 1. The van der Waals surface area contributed by atoms with Gasteiger partial charge in [-0.05, 0) is 50.2 Å². The fourth-order valence-electron chi connectivity index (χ4n) is 4.69. The zero-order valence-corrected chi connectivity index (χ0v) is 18.3. The number of likely N-dealkylation sites (tertiary alicyclic amines) is 1. The monoisotopic (exact) mass is 421 g/mol. The van der Waals surface area contributed by atoms with Crippen LogP contribution in [0.3, 0.4) is 0 Å². The van der Waals surface area contributed by atoms with Crippen LogP contribution in [0.2, 0.25) is 0 Å². The number of piperidine rings is 1. The molecule has 0 bridgehead atoms. The summed E-state index contributed by atoms with van der Waals surface area (Å²) in [4.78, 5) is 20.0. The molecule has 0 atom stereocenters. The molecule has 1 aromatic heterocycles. The van der Waals surface area contributed by atoms with Crippen LogP contribution in [-0.2, 0) is 13.1 Å². The van der Waals surface area contributed by atoms with Crippen molar-refractivity contribution >= 4 is 16.9 Å². The van der Waals surface area contributed by atoms with E-state index < -0.39 is 5.97 Å². The number of carbonyl (C=O) groups is 1. The van der Waals surface area contributed by atoms with Gasteiger partial charge in [-0.1, -0.05) is 37.3 Å². The molecule has 164 valence electrons. The first-order chi connectivity index (χ1) is 15.1. The first kappa shape index (κ1) is 21.4. The summed E-state index contributed by atoms with van der Waals surface area (Å²) >= 11 is 0. The van der Waals surface area contributed by atoms with Gasteiger partial charge in [0.05, 0.1) is 12.6 Å². The number of methoxy groups -OCH3 is 1. The number of carboxylic acids is 1. The maximum atomic E-state index is 11.9. The molecule has 3 aromatic rings. The zero-order chi connectivity index (χ0) is 21.8. The highest BCUT2D eigenvalue weighted by Crippen LogP contribution is 2.29. The Kier molecular flexibility index (Phi) is 6.59. The first-order valence-corrected chi connectivity index (χ1v) is 11.0. The van der Waals surface area contributed by atoms with Crippen molar-refractivity contribution in [3.05, 3.63) is 65.4 Å². The predicted octanol–water partition coefficient (Wildman–Crippen LogP) is 4.36. The minimum atomic E-state index is -0.918. The molecular formula is C25H31N3O3. The highest BCUT2D eigenvalue weighted by molar-refractivity contribution is 5.97. The van der Waals surface area contributed by atoms with Crippen LogP contribution in [0.1, 0.15) is 41.4 Å². The molecule has 4 rings (SSSR count). The second-order valence-electron chi connectivity index (χ2n) is 8.25. The molecule has 0 aliphatic carbocycles. The van der Waals surface area contributed by atoms with Gasteiger partial charge in [0, 0.05) is 36.1 Å². The van der Waals surface area contributed by atoms with Crippen LogP contribution < -0.4 is 4.74 Å². The van der Waals surface area contributed by atoms with E-state index >= 15 is 0 Å². The van der Waals surface area contributed by atoms with E-state index in [0.29, 0.717) is 12.6 Å². The van der Waals surface area contributed by atoms with Gasteiger partial charge in [-0.15, -0.1) is 0 Å². The van der Waals surface area contributed by atoms with E-state index in [1.54, 1.807) is 7.11 Å². The van der Waals surface area contributed by atoms with Crippen molar-refractivity contribution in [2.45, 2.75) is 38.9 Å². The molecule has 31 heavy (non-hydrogen) atoms. The van der Waals surface area contributed by atoms with Crippen LogP contribution in [0.5, 0.6) is 5.75 Å². The van der Waals surface area contributed by atoms with Crippen molar-refractivity contribution in [1.82, 2.24) is 14.8 Å². The number of aromatic nitrogens is 1. The van der Waals surface area contributed by atoms with Gasteiger partial charge >= 0.3 is 5.97 Å². The molecule has 1 aliphatic rings. The maximum absolute atomic E-state index is 11.9. The molecule has 2 heterocycles. The topological polar surface area (TPSA) is 68.8 Å². The van der Waals surface area contributed by atoms with Crippen molar-refractivity contribution in [2.75, 3.05) is 26.7 Å². The third kappa shape index (κ3) is 4.75. The highest BCUT2D eigenvalue weighted by Gasteiger charge is 2.26. The minimum absolute atomic E-state index is 0.281. The zero-order valence-electron chi connectivity index (χ0n) is 18.3. The summed E-state index contributed by atoms with van der Waals surface area (Å²) in [5, 5.41) is 10.7. The Labute approximate surface area is 183 Å². The molecule has 0 amide bonds. The summed E-state index contributed by atoms with van der Waals surface area (Å²) in [5.74, 6) is -0.200. The molecule has 1 saturated heterocycles. The molecule has 0 radical (unpaired) electrons. The lowest BCUT2D eigenvalue weighted by molar-refractivity contribution is 0.0685. The Morgan fingerprint density at radius 1 is 1.19 bits per heavy atom. The third-order valence-corrected chi connectivity index (χ3v) is 6.42. The number of benzene rings is 2. The third-order valence-electron chi connectivity index (χ3n) is 6.42. The maximum Gasteiger partial charge on any atom is 0.352 e. The molecule has 2 N–H and O–H groups in total. The number of hydrogen-bond donors (Lipinski definition) is 2. The number of nitrogens with one attached hydrogen (secondary N) is 1. The lowest BCUT2D eigenvalue weighted by atomic mass is 10.0. The first-order valence-electron chi connectivity index (χ1n) is 11.0. The van der Waals surface area contributed by atoms with Crippen LogP contribution in [0.4, 0.5) is 0 Å². The van der Waals surface area contributed by atoms with E-state index in [9.17, 15) is 9.90 Å². The molecule has 1 aliphatic heterocycles. The summed E-state index contributed by atoms with van der Waals surface area (Å²) in [6, 6.07) is 16.8. The van der Waals surface area contributed by atoms with E-state index in [0.717, 1.165) is 61.2 Å². The van der Waals surface area contributed by atoms with Gasteiger partial charge in [-0.3, -0.25) is 9.80 Å². The van der Waals surface area contributed by atoms with E-state index in [-0.39, 0.29) is 5.69 Å². The Bertz CT molecular complexity index is 1020. The van der Waals surface area contributed by atoms with E-state index in [1.807, 2.05) is 18.2 Å². The van der Waals surface area contributed by atoms with Gasteiger partial charge in [0.1, 0.15) is 11.4 Å². The molecule has 6 nitrogen and oxygen atoms in total. The number of H-pyrrole nitrogens is 1. The minimum Gasteiger partial charge on any atom is -0.497 e. The summed E-state index contributed by atoms with van der Waals surface area (Å²) in [5.41, 5.74) is 3.30. The smallest absolute Gasteiger partial charge is 0.352 e. The van der Waals surface area contributed by atoms with Crippen molar-refractivity contribution in [3.8, 4) is 5.75 Å². The summed E-state index contributed by atoms with van der Waals surface area (Å²) in [7, 11) is 1.62. The van der Waals surface area contributed by atoms with Crippen LogP contribution >= 0.6 is 0 Å². The van der Waals surface area contributed by atoms with E-state index in [4.69, 9.17) is 4.74 Å². The Morgan fingerprint density at radius 2 is 1.94 bits per heavy atom. The van der Waals surface area contributed by atoms with Crippen molar-refractivity contribution in [1.29, 1.82) is 0 Å². The molecule has 0 saturated carbocycles. The number of fused-ring (bicyclic) bond motifs is 1. The van der Waals surface area contributed by atoms with Crippen molar-refractivity contribution in [3.63, 3.8) is 0 Å². The summed E-state index contributed by atoms with van der Waals surface area (Å²) in [6.07, 6.45) is 2.19. The van der Waals surface area contributed by atoms with E-state index in [1.165, 1.54) is 5.56 Å². The average Bonchev–Trinajstić information content (AvgIpc) is 3.16. The number of carboxylic acid groups (broad SMARTS) is 1. The van der Waals surface area contributed by atoms with Gasteiger partial charge in [-0.2, -0.15) is 0 Å². The Hall–Kier alpha value is -2.83. The number of rotatable bonds is 8. The number of hydrogen-bond acceptors (Lipinski definition) is 4. The van der Waals surface area contributed by atoms with Gasteiger partial charge in [0.15, 0.2) is 0 Å². The molecule has 0 unspecified atom stereocenters. The largest absolute Gasteiger partial charge is 0.497 e. The van der Waals surface area contributed by atoms with Crippen molar-refractivity contribution in [2.24, 2.45) is 0 Å². The Morgan fingerprint density at radius 3 is 2.58 bits per heavy atom. The quantitative estimate of drug-likeness (QED) is 0.566. The van der Waals surface area contributed by atoms with Crippen LogP contribution in [0.25, 0.3) is 10.9 Å². The number of nitrogens with zero attached hydrogens (tertiary/aromatic N) is 2. The summed E-state index contributed by atoms with van der Waals surface area (Å²) < 4.78 is 5.30. The van der Waals surface area contributed by atoms with Crippen molar-refractivity contribution < 1.29 is 14.6 Å². The summed E-state index contributed by atoms with van der Waals surface area (Å²) in [6.45, 7) is 6.81. The SMILES string of the molecule is CCN(Cc1c(C(=O)O)[nH]c2cc(OC)ccc12)C1CCN(Cc2ccccc2)CC1. The van der Waals surface area contributed by atoms with Gasteiger partial charge in [0.2, 0.25) is 0 Å². The van der Waals surface area contributed by atoms with Gasteiger partial charge < -0.3 is 14.8 Å².